The van der Waals surface area contributed by atoms with Crippen LogP contribution in [0.15, 0.2) is 28.7 Å². The highest BCUT2D eigenvalue weighted by atomic mass is 79.9. The molecule has 20 heavy (non-hydrogen) atoms. The van der Waals surface area contributed by atoms with E-state index in [0.717, 1.165) is 15.9 Å². The molecule has 0 atom stereocenters. The van der Waals surface area contributed by atoms with Gasteiger partial charge in [0.15, 0.2) is 0 Å². The maximum Gasteiger partial charge on any atom is 0.123 e. The van der Waals surface area contributed by atoms with Crippen molar-refractivity contribution >= 4 is 27.3 Å². The summed E-state index contributed by atoms with van der Waals surface area (Å²) < 4.78 is 1.11. The Kier molecular flexibility index (Phi) is 3.33. The van der Waals surface area contributed by atoms with Gasteiger partial charge in [-0.2, -0.15) is 0 Å². The van der Waals surface area contributed by atoms with Crippen molar-refractivity contribution in [3.05, 3.63) is 39.3 Å². The van der Waals surface area contributed by atoms with Crippen LogP contribution in [0.4, 0.5) is 0 Å². The normalized spacial score (nSPS) is 19.6. The molecule has 0 aliphatic heterocycles. The molecule has 0 spiro atoms. The first-order valence-corrected chi connectivity index (χ1v) is 8.64. The third kappa shape index (κ3) is 2.58. The average Bonchev–Trinajstić information content (AvgIpc) is 2.71. The third-order valence-electron chi connectivity index (χ3n) is 3.97. The number of benzene rings is 1. The Hall–Kier alpha value is -0.670. The molecule has 0 fully saturated rings. The zero-order chi connectivity index (χ0) is 14.5. The van der Waals surface area contributed by atoms with Gasteiger partial charge in [-0.25, -0.2) is 4.98 Å². The Morgan fingerprint density at radius 1 is 1.10 bits per heavy atom. The van der Waals surface area contributed by atoms with E-state index in [4.69, 9.17) is 4.98 Å². The molecule has 3 rings (SSSR count). The second-order valence-corrected chi connectivity index (χ2v) is 9.12. The highest BCUT2D eigenvalue weighted by Gasteiger charge is 2.39. The highest BCUT2D eigenvalue weighted by Crippen LogP contribution is 2.48. The number of thiazole rings is 1. The summed E-state index contributed by atoms with van der Waals surface area (Å²) in [6, 6.07) is 8.47. The largest absolute Gasteiger partial charge is 0.241 e. The molecular formula is C17H20BrNS. The number of halogens is 1. The molecule has 0 radical (unpaired) electrons. The van der Waals surface area contributed by atoms with Crippen molar-refractivity contribution < 1.29 is 0 Å². The van der Waals surface area contributed by atoms with Crippen LogP contribution in [-0.2, 0) is 11.8 Å². The Morgan fingerprint density at radius 3 is 2.40 bits per heavy atom. The Labute approximate surface area is 133 Å². The van der Waals surface area contributed by atoms with Crippen molar-refractivity contribution in [2.24, 2.45) is 5.41 Å². The molecule has 0 amide bonds. The SMILES string of the molecule is CC1(C)Cc2nc(-c3ccc(Br)cc3)sc2C(C)(C)C1. The summed E-state index contributed by atoms with van der Waals surface area (Å²) >= 11 is 5.37. The molecule has 1 aromatic heterocycles. The molecular weight excluding hydrogens is 330 g/mol. The van der Waals surface area contributed by atoms with Gasteiger partial charge >= 0.3 is 0 Å². The topological polar surface area (TPSA) is 12.9 Å². The maximum atomic E-state index is 4.95. The molecule has 0 saturated carbocycles. The van der Waals surface area contributed by atoms with Crippen molar-refractivity contribution in [2.45, 2.75) is 46.0 Å². The van der Waals surface area contributed by atoms with Gasteiger partial charge in [0, 0.05) is 20.3 Å². The first-order valence-electron chi connectivity index (χ1n) is 7.03. The lowest BCUT2D eigenvalue weighted by Crippen LogP contribution is -2.33. The molecule has 106 valence electrons. The lowest BCUT2D eigenvalue weighted by Gasteiger charge is -2.39. The summed E-state index contributed by atoms with van der Waals surface area (Å²) in [5.41, 5.74) is 3.12. The van der Waals surface area contributed by atoms with Gasteiger partial charge in [0.2, 0.25) is 0 Å². The number of nitrogens with zero attached hydrogens (tertiary/aromatic N) is 1. The maximum absolute atomic E-state index is 4.95. The van der Waals surface area contributed by atoms with Crippen molar-refractivity contribution in [3.63, 3.8) is 0 Å². The second kappa shape index (κ2) is 4.67. The van der Waals surface area contributed by atoms with Gasteiger partial charge in [-0.15, -0.1) is 11.3 Å². The molecule has 0 unspecified atom stereocenters. The van der Waals surface area contributed by atoms with E-state index in [1.54, 1.807) is 0 Å². The fourth-order valence-electron chi connectivity index (χ4n) is 3.51. The Morgan fingerprint density at radius 2 is 1.75 bits per heavy atom. The molecule has 1 heterocycles. The van der Waals surface area contributed by atoms with E-state index in [1.807, 2.05) is 11.3 Å². The minimum absolute atomic E-state index is 0.238. The molecule has 1 aliphatic carbocycles. The zero-order valence-corrected chi connectivity index (χ0v) is 14.9. The first-order chi connectivity index (χ1) is 9.27. The summed E-state index contributed by atoms with van der Waals surface area (Å²) in [5.74, 6) is 0. The Balaban J connectivity index is 2.06. The number of hydrogen-bond acceptors (Lipinski definition) is 2. The monoisotopic (exact) mass is 349 g/mol. The van der Waals surface area contributed by atoms with Crippen molar-refractivity contribution in [1.29, 1.82) is 0 Å². The summed E-state index contributed by atoms with van der Waals surface area (Å²) in [4.78, 5) is 6.43. The molecule has 1 aliphatic rings. The van der Waals surface area contributed by atoms with Crippen LogP contribution in [0.3, 0.4) is 0 Å². The summed E-state index contributed by atoms with van der Waals surface area (Å²) in [6.45, 7) is 9.43. The zero-order valence-electron chi connectivity index (χ0n) is 12.5. The van der Waals surface area contributed by atoms with Gasteiger partial charge in [0.1, 0.15) is 5.01 Å². The van der Waals surface area contributed by atoms with Gasteiger partial charge in [0.05, 0.1) is 5.69 Å². The Bertz CT molecular complexity index is 638. The van der Waals surface area contributed by atoms with Crippen LogP contribution in [0, 0.1) is 5.41 Å². The number of hydrogen-bond donors (Lipinski definition) is 0. The van der Waals surface area contributed by atoms with Crippen molar-refractivity contribution in [2.75, 3.05) is 0 Å². The molecule has 2 aromatic rings. The minimum atomic E-state index is 0.238. The van der Waals surface area contributed by atoms with Crippen LogP contribution in [0.25, 0.3) is 10.6 Å². The van der Waals surface area contributed by atoms with Crippen LogP contribution in [0.1, 0.15) is 44.7 Å². The van der Waals surface area contributed by atoms with Crippen LogP contribution in [0.5, 0.6) is 0 Å². The fraction of sp³-hybridized carbons (Fsp3) is 0.471. The van der Waals surface area contributed by atoms with Crippen LogP contribution in [0.2, 0.25) is 0 Å². The molecule has 1 nitrogen and oxygen atoms in total. The van der Waals surface area contributed by atoms with Gasteiger partial charge in [-0.1, -0.05) is 55.8 Å². The number of rotatable bonds is 1. The van der Waals surface area contributed by atoms with Gasteiger partial charge in [-0.3, -0.25) is 0 Å². The quantitative estimate of drug-likeness (QED) is 0.631. The summed E-state index contributed by atoms with van der Waals surface area (Å²) in [6.07, 6.45) is 2.33. The van der Waals surface area contributed by atoms with E-state index < -0.39 is 0 Å². The molecule has 0 N–H and O–H groups in total. The van der Waals surface area contributed by atoms with Crippen LogP contribution >= 0.6 is 27.3 Å². The fourth-order valence-corrected chi connectivity index (χ4v) is 4.96. The van der Waals surface area contributed by atoms with E-state index in [1.165, 1.54) is 22.6 Å². The standard InChI is InChI=1S/C17H20BrNS/c1-16(2)9-13-14(17(3,4)10-16)20-15(19-13)11-5-7-12(18)8-6-11/h5-8H,9-10H2,1-4H3. The summed E-state index contributed by atoms with van der Waals surface area (Å²) in [7, 11) is 0. The highest BCUT2D eigenvalue weighted by molar-refractivity contribution is 9.10. The number of aromatic nitrogens is 1. The lowest BCUT2D eigenvalue weighted by atomic mass is 9.67. The van der Waals surface area contributed by atoms with E-state index in [2.05, 4.69) is 67.9 Å². The average molecular weight is 350 g/mol. The van der Waals surface area contributed by atoms with E-state index in [0.29, 0.717) is 5.41 Å². The van der Waals surface area contributed by atoms with Crippen molar-refractivity contribution in [1.82, 2.24) is 4.98 Å². The van der Waals surface area contributed by atoms with Crippen molar-refractivity contribution in [3.8, 4) is 10.6 Å². The molecule has 0 bridgehead atoms. The first kappa shape index (κ1) is 14.3. The summed E-state index contributed by atoms with van der Waals surface area (Å²) in [5, 5.41) is 1.16. The smallest absolute Gasteiger partial charge is 0.123 e. The second-order valence-electron chi connectivity index (χ2n) is 7.20. The third-order valence-corrected chi connectivity index (χ3v) is 6.01. The lowest BCUT2D eigenvalue weighted by molar-refractivity contribution is 0.232. The minimum Gasteiger partial charge on any atom is -0.241 e. The molecule has 1 aromatic carbocycles. The number of fused-ring (bicyclic) bond motifs is 1. The van der Waals surface area contributed by atoms with Gasteiger partial charge in [-0.05, 0) is 30.4 Å². The van der Waals surface area contributed by atoms with E-state index in [9.17, 15) is 0 Å². The molecule has 0 saturated heterocycles. The predicted octanol–water partition coefficient (Wildman–Crippen LogP) is 5.82. The van der Waals surface area contributed by atoms with Crippen LogP contribution < -0.4 is 0 Å². The van der Waals surface area contributed by atoms with Crippen LogP contribution in [-0.4, -0.2) is 4.98 Å². The van der Waals surface area contributed by atoms with Gasteiger partial charge in [0.25, 0.3) is 0 Å². The predicted molar refractivity (Wildman–Crippen MR) is 90.4 cm³/mol. The van der Waals surface area contributed by atoms with E-state index in [-0.39, 0.29) is 5.41 Å². The van der Waals surface area contributed by atoms with Gasteiger partial charge < -0.3 is 0 Å². The van der Waals surface area contributed by atoms with E-state index >= 15 is 0 Å². The molecule has 3 heteroatoms.